The molecule has 1 aliphatic carbocycles. The van der Waals surface area contributed by atoms with Crippen LogP contribution in [0.5, 0.6) is 5.75 Å². The van der Waals surface area contributed by atoms with Gasteiger partial charge in [-0.2, -0.15) is 0 Å². The van der Waals surface area contributed by atoms with Gasteiger partial charge in [-0.25, -0.2) is 13.6 Å². The zero-order valence-electron chi connectivity index (χ0n) is 10.6. The number of sulfonamides is 1. The van der Waals surface area contributed by atoms with E-state index in [9.17, 15) is 8.42 Å². The third-order valence-corrected chi connectivity index (χ3v) is 4.64. The average Bonchev–Trinajstić information content (AvgIpc) is 2.37. The lowest BCUT2D eigenvalue weighted by atomic mass is 9.90. The van der Waals surface area contributed by atoms with Crippen LogP contribution in [0.4, 0.5) is 0 Å². The van der Waals surface area contributed by atoms with E-state index in [0.29, 0.717) is 18.3 Å². The zero-order valence-corrected chi connectivity index (χ0v) is 12.2. The Morgan fingerprint density at radius 3 is 2.53 bits per heavy atom. The highest BCUT2D eigenvalue weighted by atomic mass is 35.5. The van der Waals surface area contributed by atoms with Gasteiger partial charge in [-0.05, 0) is 37.0 Å². The summed E-state index contributed by atoms with van der Waals surface area (Å²) in [5.41, 5.74) is 0. The quantitative estimate of drug-likeness (QED) is 0.929. The number of ether oxygens (including phenoxy) is 1. The van der Waals surface area contributed by atoms with Crippen molar-refractivity contribution in [1.29, 1.82) is 0 Å². The van der Waals surface area contributed by atoms with E-state index in [1.165, 1.54) is 44.2 Å². The van der Waals surface area contributed by atoms with Gasteiger partial charge in [0, 0.05) is 0 Å². The van der Waals surface area contributed by atoms with E-state index in [1.807, 2.05) is 0 Å². The first kappa shape index (κ1) is 14.6. The molecule has 4 nitrogen and oxygen atoms in total. The van der Waals surface area contributed by atoms with Gasteiger partial charge in [-0.3, -0.25) is 0 Å². The van der Waals surface area contributed by atoms with Gasteiger partial charge in [0.2, 0.25) is 10.0 Å². The molecule has 1 saturated carbocycles. The van der Waals surface area contributed by atoms with Crippen molar-refractivity contribution in [3.63, 3.8) is 0 Å². The predicted molar refractivity (Wildman–Crippen MR) is 74.9 cm³/mol. The fraction of sp³-hybridized carbons (Fsp3) is 0.538. The van der Waals surface area contributed by atoms with Crippen LogP contribution in [0.3, 0.4) is 0 Å². The number of rotatable bonds is 4. The molecule has 19 heavy (non-hydrogen) atoms. The third-order valence-electron chi connectivity index (χ3n) is 3.43. The normalized spacial score (nSPS) is 17.4. The number of benzene rings is 1. The molecule has 1 aromatic carbocycles. The Morgan fingerprint density at radius 1 is 1.26 bits per heavy atom. The van der Waals surface area contributed by atoms with Gasteiger partial charge < -0.3 is 4.74 Å². The van der Waals surface area contributed by atoms with Crippen molar-refractivity contribution in [1.82, 2.24) is 0 Å². The first-order chi connectivity index (χ1) is 8.97. The maximum Gasteiger partial charge on any atom is 0.238 e. The van der Waals surface area contributed by atoms with Crippen molar-refractivity contribution in [2.75, 3.05) is 6.61 Å². The van der Waals surface area contributed by atoms with Crippen LogP contribution in [0.1, 0.15) is 32.1 Å². The van der Waals surface area contributed by atoms with Crippen molar-refractivity contribution < 1.29 is 13.2 Å². The Hall–Kier alpha value is -0.780. The number of primary sulfonamides is 1. The van der Waals surface area contributed by atoms with Gasteiger partial charge in [0.1, 0.15) is 5.75 Å². The smallest absolute Gasteiger partial charge is 0.238 e. The Bertz CT molecular complexity index is 539. The lowest BCUT2D eigenvalue weighted by Crippen LogP contribution is -2.15. The highest BCUT2D eigenvalue weighted by molar-refractivity contribution is 7.89. The molecule has 1 fully saturated rings. The third kappa shape index (κ3) is 4.09. The average molecular weight is 304 g/mol. The van der Waals surface area contributed by atoms with Crippen LogP contribution in [0, 0.1) is 5.92 Å². The van der Waals surface area contributed by atoms with Crippen molar-refractivity contribution in [2.45, 2.75) is 37.0 Å². The van der Waals surface area contributed by atoms with Crippen LogP contribution in [0.15, 0.2) is 23.1 Å². The SMILES string of the molecule is NS(=O)(=O)c1ccc(OCC2CCCCC2)c(Cl)c1. The summed E-state index contributed by atoms with van der Waals surface area (Å²) in [6, 6.07) is 4.30. The molecular formula is C13H18ClNO3S. The number of hydrogen-bond acceptors (Lipinski definition) is 3. The lowest BCUT2D eigenvalue weighted by Gasteiger charge is -2.22. The summed E-state index contributed by atoms with van der Waals surface area (Å²) in [5.74, 6) is 1.09. The molecule has 0 radical (unpaired) electrons. The Morgan fingerprint density at radius 2 is 1.95 bits per heavy atom. The van der Waals surface area contributed by atoms with Crippen LogP contribution < -0.4 is 9.88 Å². The highest BCUT2D eigenvalue weighted by Crippen LogP contribution is 2.29. The van der Waals surface area contributed by atoms with Gasteiger partial charge >= 0.3 is 0 Å². The van der Waals surface area contributed by atoms with Gasteiger partial charge in [0.15, 0.2) is 0 Å². The lowest BCUT2D eigenvalue weighted by molar-refractivity contribution is 0.209. The Kier molecular flexibility index (Phi) is 4.71. The summed E-state index contributed by atoms with van der Waals surface area (Å²) in [5, 5.41) is 5.32. The van der Waals surface area contributed by atoms with E-state index >= 15 is 0 Å². The van der Waals surface area contributed by atoms with Crippen LogP contribution in [-0.2, 0) is 10.0 Å². The van der Waals surface area contributed by atoms with E-state index < -0.39 is 10.0 Å². The molecular weight excluding hydrogens is 286 g/mol. The minimum absolute atomic E-state index is 0.00233. The second-order valence-corrected chi connectivity index (χ2v) is 6.92. The van der Waals surface area contributed by atoms with E-state index in [2.05, 4.69) is 0 Å². The summed E-state index contributed by atoms with van der Waals surface area (Å²) in [4.78, 5) is 0.00233. The first-order valence-electron chi connectivity index (χ1n) is 6.42. The molecule has 0 aliphatic heterocycles. The van der Waals surface area contributed by atoms with Crippen molar-refractivity contribution in [2.24, 2.45) is 11.1 Å². The molecule has 0 heterocycles. The van der Waals surface area contributed by atoms with E-state index in [1.54, 1.807) is 6.07 Å². The molecule has 106 valence electrons. The molecule has 0 spiro atoms. The molecule has 0 unspecified atom stereocenters. The summed E-state index contributed by atoms with van der Waals surface area (Å²) < 4.78 is 28.0. The van der Waals surface area contributed by atoms with Crippen molar-refractivity contribution >= 4 is 21.6 Å². The van der Waals surface area contributed by atoms with Gasteiger partial charge in [-0.1, -0.05) is 30.9 Å². The Balaban J connectivity index is 2.01. The second-order valence-electron chi connectivity index (χ2n) is 4.95. The molecule has 2 N–H and O–H groups in total. The van der Waals surface area contributed by atoms with E-state index in [0.717, 1.165) is 0 Å². The largest absolute Gasteiger partial charge is 0.492 e. The van der Waals surface area contributed by atoms with Crippen LogP contribution in [-0.4, -0.2) is 15.0 Å². The first-order valence-corrected chi connectivity index (χ1v) is 8.34. The van der Waals surface area contributed by atoms with Gasteiger partial charge in [0.25, 0.3) is 0 Å². The Labute approximate surface area is 118 Å². The van der Waals surface area contributed by atoms with Crippen LogP contribution in [0.25, 0.3) is 0 Å². The van der Waals surface area contributed by atoms with E-state index in [4.69, 9.17) is 21.5 Å². The highest BCUT2D eigenvalue weighted by Gasteiger charge is 2.16. The van der Waals surface area contributed by atoms with Crippen molar-refractivity contribution in [3.8, 4) is 5.75 Å². The number of nitrogens with two attached hydrogens (primary N) is 1. The molecule has 0 amide bonds. The van der Waals surface area contributed by atoms with Crippen LogP contribution in [0.2, 0.25) is 5.02 Å². The van der Waals surface area contributed by atoms with Gasteiger partial charge in [0.05, 0.1) is 16.5 Å². The molecule has 1 aromatic rings. The summed E-state index contributed by atoms with van der Waals surface area (Å²) in [6.07, 6.45) is 6.19. The number of hydrogen-bond donors (Lipinski definition) is 1. The topological polar surface area (TPSA) is 69.4 Å². The zero-order chi connectivity index (χ0) is 13.9. The van der Waals surface area contributed by atoms with Crippen LogP contribution >= 0.6 is 11.6 Å². The molecule has 1 aliphatic rings. The van der Waals surface area contributed by atoms with Gasteiger partial charge in [-0.15, -0.1) is 0 Å². The molecule has 6 heteroatoms. The van der Waals surface area contributed by atoms with E-state index in [-0.39, 0.29) is 9.92 Å². The molecule has 0 aromatic heterocycles. The number of halogens is 1. The summed E-state index contributed by atoms with van der Waals surface area (Å²) in [7, 11) is -3.72. The van der Waals surface area contributed by atoms with Crippen molar-refractivity contribution in [3.05, 3.63) is 23.2 Å². The fourth-order valence-electron chi connectivity index (χ4n) is 2.34. The second kappa shape index (κ2) is 6.11. The molecule has 0 saturated heterocycles. The maximum atomic E-state index is 11.2. The predicted octanol–water partition coefficient (Wildman–Crippen LogP) is 2.95. The molecule has 0 atom stereocenters. The molecule has 0 bridgehead atoms. The standard InChI is InChI=1S/C13H18ClNO3S/c14-12-8-11(19(15,16)17)6-7-13(12)18-9-10-4-2-1-3-5-10/h6-8,10H,1-5,9H2,(H2,15,16,17). The monoisotopic (exact) mass is 303 g/mol. The minimum Gasteiger partial charge on any atom is -0.492 e. The minimum atomic E-state index is -3.72. The summed E-state index contributed by atoms with van der Waals surface area (Å²) >= 11 is 6.01. The molecule has 2 rings (SSSR count). The fourth-order valence-corrected chi connectivity index (χ4v) is 3.18. The maximum absolute atomic E-state index is 11.2. The summed E-state index contributed by atoms with van der Waals surface area (Å²) in [6.45, 7) is 0.633.